The maximum Gasteiger partial charge on any atom is 0.164 e. The maximum atomic E-state index is 9.36. The van der Waals surface area contributed by atoms with Crippen LogP contribution in [0.4, 0.5) is 0 Å². The molecule has 0 aliphatic carbocycles. The molecule has 0 fully saturated rings. The zero-order chi connectivity index (χ0) is 4.28. The minimum absolute atomic E-state index is 0. The van der Waals surface area contributed by atoms with E-state index in [4.69, 9.17) is 6.92 Å². The molecule has 0 aromatic heterocycles. The van der Waals surface area contributed by atoms with Gasteiger partial charge in [-0.1, -0.05) is 6.58 Å². The van der Waals surface area contributed by atoms with Crippen LogP contribution in [0.15, 0.2) is 12.7 Å². The largest absolute Gasteiger partial charge is 0.294 e. The monoisotopic (exact) mass is 321 g/mol. The molecule has 0 spiro atoms. The van der Waals surface area contributed by atoms with Gasteiger partial charge in [-0.2, -0.15) is 0 Å². The second-order valence-corrected chi connectivity index (χ2v) is 0.568. The van der Waals surface area contributed by atoms with Crippen LogP contribution in [-0.4, -0.2) is 5.78 Å². The molecule has 0 aromatic rings. The molecule has 0 aromatic carbocycles. The summed E-state index contributed by atoms with van der Waals surface area (Å²) >= 11 is 0. The van der Waals surface area contributed by atoms with Crippen LogP contribution in [0.1, 0.15) is 0 Å². The van der Waals surface area contributed by atoms with E-state index >= 15 is 0 Å². The van der Waals surface area contributed by atoms with E-state index in [1.165, 1.54) is 0 Å². The molecule has 0 heterocycles. The molecule has 0 amide bonds. The van der Waals surface area contributed by atoms with E-state index in [1.54, 1.807) is 0 Å². The Morgan fingerprint density at radius 2 is 1.86 bits per heavy atom. The first-order valence-electron chi connectivity index (χ1n) is 1.15. The van der Waals surface area contributed by atoms with Crippen LogP contribution in [0, 0.1) is 6.92 Å². The van der Waals surface area contributed by atoms with Crippen molar-refractivity contribution in [2.24, 2.45) is 0 Å². The van der Waals surface area contributed by atoms with Crippen molar-refractivity contribution in [2.75, 3.05) is 0 Å². The normalized spacial score (nSPS) is 4.71. The third-order valence-electron chi connectivity index (χ3n) is 0.185. The molecule has 0 saturated carbocycles. The Kier molecular flexibility index (Phi) is 21.9. The van der Waals surface area contributed by atoms with E-state index in [9.17, 15) is 4.79 Å². The Bertz CT molecular complexity index is 62.7. The van der Waals surface area contributed by atoms with E-state index < -0.39 is 5.78 Å². The van der Waals surface area contributed by atoms with E-state index in [2.05, 4.69) is 6.58 Å². The van der Waals surface area contributed by atoms with Crippen LogP contribution in [0.3, 0.4) is 0 Å². The third kappa shape index (κ3) is 20.6. The summed E-state index contributed by atoms with van der Waals surface area (Å²) in [5.41, 5.74) is 0. The SMILES string of the molecule is [C]C(=O)C=C.[Co].[Pt]. The molecule has 0 aliphatic heterocycles. The van der Waals surface area contributed by atoms with Crippen molar-refractivity contribution >= 4 is 5.78 Å². The summed E-state index contributed by atoms with van der Waals surface area (Å²) in [5.74, 6) is -0.731. The molecule has 4 radical (unpaired) electrons. The first-order valence-corrected chi connectivity index (χ1v) is 1.15. The van der Waals surface area contributed by atoms with Gasteiger partial charge in [-0.15, -0.1) is 0 Å². The first-order chi connectivity index (χ1) is 2.27. The first kappa shape index (κ1) is 15.6. The Balaban J connectivity index is -0.0000000800. The molecule has 1 nitrogen and oxygen atoms in total. The van der Waals surface area contributed by atoms with Gasteiger partial charge in [-0.3, -0.25) is 4.79 Å². The fraction of sp³-hybridized carbons (Fsp3) is 0. The quantitative estimate of drug-likeness (QED) is 0.636. The van der Waals surface area contributed by atoms with E-state index in [-0.39, 0.29) is 37.8 Å². The summed E-state index contributed by atoms with van der Waals surface area (Å²) in [6.45, 7) is 9.09. The Hall–Kier alpha value is 0.605. The van der Waals surface area contributed by atoms with Gasteiger partial charge in [-0.25, -0.2) is 0 Å². The summed E-state index contributed by atoms with van der Waals surface area (Å²) in [6.07, 6.45) is 0.944. The van der Waals surface area contributed by atoms with Gasteiger partial charge in [0.25, 0.3) is 0 Å². The molecule has 7 heavy (non-hydrogen) atoms. The van der Waals surface area contributed by atoms with E-state index in [0.717, 1.165) is 6.08 Å². The third-order valence-corrected chi connectivity index (χ3v) is 0.185. The summed E-state index contributed by atoms with van der Waals surface area (Å²) in [4.78, 5) is 9.36. The number of allylic oxidation sites excluding steroid dienone is 1. The van der Waals surface area contributed by atoms with Crippen LogP contribution >= 0.6 is 0 Å². The molecule has 0 bridgehead atoms. The molecule has 3 heteroatoms. The van der Waals surface area contributed by atoms with Crippen LogP contribution in [0.25, 0.3) is 0 Å². The molecular weight excluding hydrogens is 318 g/mol. The molecule has 0 unspecified atom stereocenters. The second-order valence-electron chi connectivity index (χ2n) is 0.568. The number of hydrogen-bond acceptors (Lipinski definition) is 1. The molecular formula is C4H3CoOPt. The molecule has 0 rings (SSSR count). The number of ketones is 1. The summed E-state index contributed by atoms with van der Waals surface area (Å²) < 4.78 is 0. The average molecular weight is 321 g/mol. The van der Waals surface area contributed by atoms with Gasteiger partial charge in [0, 0.05) is 37.8 Å². The smallest absolute Gasteiger partial charge is 0.164 e. The van der Waals surface area contributed by atoms with E-state index in [1.807, 2.05) is 0 Å². The summed E-state index contributed by atoms with van der Waals surface area (Å²) in [6, 6.07) is 0. The summed E-state index contributed by atoms with van der Waals surface area (Å²) in [5, 5.41) is 0. The van der Waals surface area contributed by atoms with Crippen LogP contribution in [0.2, 0.25) is 0 Å². The van der Waals surface area contributed by atoms with Crippen LogP contribution in [0.5, 0.6) is 0 Å². The molecule has 0 atom stereocenters. The van der Waals surface area contributed by atoms with Crippen molar-refractivity contribution in [3.63, 3.8) is 0 Å². The van der Waals surface area contributed by atoms with Crippen molar-refractivity contribution in [3.8, 4) is 0 Å². The van der Waals surface area contributed by atoms with Crippen molar-refractivity contribution < 1.29 is 42.6 Å². The standard InChI is InChI=1S/C4H3O.Co.Pt/c1-3-4(2)5;;/h3H,1H2;;. The minimum Gasteiger partial charge on any atom is -0.294 e. The minimum atomic E-state index is -0.731. The average Bonchev–Trinajstić information content (AvgIpc) is 1.38. The van der Waals surface area contributed by atoms with Crippen molar-refractivity contribution in [2.45, 2.75) is 0 Å². The predicted molar refractivity (Wildman–Crippen MR) is 18.4 cm³/mol. The van der Waals surface area contributed by atoms with Gasteiger partial charge in [-0.05, 0) is 6.08 Å². The number of carbonyl (C=O) groups excluding carboxylic acids is 1. The molecule has 44 valence electrons. The number of hydrogen-bond donors (Lipinski definition) is 0. The molecule has 0 N–H and O–H groups in total. The zero-order valence-corrected chi connectivity index (χ0v) is 6.66. The molecule has 0 saturated heterocycles. The van der Waals surface area contributed by atoms with Gasteiger partial charge in [0.15, 0.2) is 5.78 Å². The number of rotatable bonds is 1. The topological polar surface area (TPSA) is 17.1 Å². The Labute approximate surface area is 68.0 Å². The zero-order valence-electron chi connectivity index (χ0n) is 3.34. The Morgan fingerprint density at radius 3 is 1.86 bits per heavy atom. The Morgan fingerprint density at radius 1 is 1.71 bits per heavy atom. The van der Waals surface area contributed by atoms with Crippen LogP contribution in [-0.2, 0) is 42.6 Å². The van der Waals surface area contributed by atoms with E-state index in [0.29, 0.717) is 0 Å². The van der Waals surface area contributed by atoms with Gasteiger partial charge >= 0.3 is 0 Å². The summed E-state index contributed by atoms with van der Waals surface area (Å²) in [7, 11) is 0. The molecule has 0 aliphatic rings. The predicted octanol–water partition coefficient (Wildman–Crippen LogP) is 0.325. The van der Waals surface area contributed by atoms with Crippen LogP contribution < -0.4 is 0 Å². The fourth-order valence-electron chi connectivity index (χ4n) is 0. The number of carbonyl (C=O) groups is 1. The van der Waals surface area contributed by atoms with Crippen molar-refractivity contribution in [1.29, 1.82) is 0 Å². The van der Waals surface area contributed by atoms with Crippen molar-refractivity contribution in [1.82, 2.24) is 0 Å². The van der Waals surface area contributed by atoms with Crippen molar-refractivity contribution in [3.05, 3.63) is 19.6 Å². The second kappa shape index (κ2) is 9.78. The maximum absolute atomic E-state index is 9.36. The van der Waals surface area contributed by atoms with Gasteiger partial charge in [0.05, 0.1) is 6.92 Å². The van der Waals surface area contributed by atoms with Gasteiger partial charge < -0.3 is 0 Å². The fourth-order valence-corrected chi connectivity index (χ4v) is 0. The van der Waals surface area contributed by atoms with Gasteiger partial charge in [0.1, 0.15) is 0 Å². The van der Waals surface area contributed by atoms with Gasteiger partial charge in [0.2, 0.25) is 0 Å².